The summed E-state index contributed by atoms with van der Waals surface area (Å²) in [7, 11) is 0. The van der Waals surface area contributed by atoms with Gasteiger partial charge in [0.2, 0.25) is 5.43 Å². The summed E-state index contributed by atoms with van der Waals surface area (Å²) < 4.78 is 28.5. The molecule has 4 rings (SSSR count). The molecule has 0 aliphatic carbocycles. The number of hydrogen-bond donors (Lipinski definition) is 1. The predicted octanol–water partition coefficient (Wildman–Crippen LogP) is 2.79. The first-order valence-electron chi connectivity index (χ1n) is 11.1. The number of carbonyl (C=O) groups is 2. The molecule has 0 radical (unpaired) electrons. The molecule has 2 atom stereocenters. The Hall–Kier alpha value is -3.07. The van der Waals surface area contributed by atoms with Crippen molar-refractivity contribution in [2.75, 3.05) is 13.1 Å². The van der Waals surface area contributed by atoms with Crippen molar-refractivity contribution in [1.82, 2.24) is 14.4 Å². The number of amides is 1. The SMILES string of the molecule is CC(C)CN1C2Cn3cc(C(=O)CCc4ccc(F)cc4F)c(=O)c(O)c3C(=O)N2C[C@@H]1C. The first-order valence-corrected chi connectivity index (χ1v) is 11.1. The van der Waals surface area contributed by atoms with Crippen LogP contribution in [0.15, 0.2) is 29.2 Å². The Kier molecular flexibility index (Phi) is 6.09. The van der Waals surface area contributed by atoms with E-state index < -0.39 is 34.5 Å². The molecular formula is C24H27F2N3O4. The second kappa shape index (κ2) is 8.70. The number of fused-ring (bicyclic) bond motifs is 2. The molecule has 2 aromatic rings. The molecule has 1 aromatic heterocycles. The molecule has 3 heterocycles. The molecule has 1 unspecified atom stereocenters. The predicted molar refractivity (Wildman–Crippen MR) is 117 cm³/mol. The lowest BCUT2D eigenvalue weighted by Gasteiger charge is -2.37. The smallest absolute Gasteiger partial charge is 0.275 e. The van der Waals surface area contributed by atoms with Gasteiger partial charge in [-0.1, -0.05) is 19.9 Å². The van der Waals surface area contributed by atoms with Crippen LogP contribution in [-0.4, -0.2) is 56.5 Å². The van der Waals surface area contributed by atoms with Gasteiger partial charge in [0.1, 0.15) is 17.8 Å². The van der Waals surface area contributed by atoms with Crippen LogP contribution in [-0.2, 0) is 13.0 Å². The summed E-state index contributed by atoms with van der Waals surface area (Å²) in [5.41, 5.74) is -1.12. The molecule has 9 heteroatoms. The number of carbonyl (C=O) groups excluding carboxylic acids is 2. The van der Waals surface area contributed by atoms with E-state index in [2.05, 4.69) is 18.7 Å². The third-order valence-corrected chi connectivity index (χ3v) is 6.36. The summed E-state index contributed by atoms with van der Waals surface area (Å²) >= 11 is 0. The average Bonchev–Trinajstić information content (AvgIpc) is 3.05. The molecular weight excluding hydrogens is 432 g/mol. The monoisotopic (exact) mass is 459 g/mol. The topological polar surface area (TPSA) is 82.9 Å². The maximum atomic E-state index is 13.9. The lowest BCUT2D eigenvalue weighted by Crippen LogP contribution is -2.51. The summed E-state index contributed by atoms with van der Waals surface area (Å²) in [6.07, 6.45) is 0.867. The second-order valence-electron chi connectivity index (χ2n) is 9.26. The van der Waals surface area contributed by atoms with Crippen LogP contribution in [0.2, 0.25) is 0 Å². The quantitative estimate of drug-likeness (QED) is 0.672. The number of benzene rings is 1. The first kappa shape index (κ1) is 23.1. The highest BCUT2D eigenvalue weighted by Gasteiger charge is 2.45. The summed E-state index contributed by atoms with van der Waals surface area (Å²) in [5.74, 6) is -2.86. The van der Waals surface area contributed by atoms with Crippen LogP contribution in [0.4, 0.5) is 8.78 Å². The third-order valence-electron chi connectivity index (χ3n) is 6.36. The van der Waals surface area contributed by atoms with Gasteiger partial charge < -0.3 is 14.6 Å². The standard InChI is InChI=1S/C24H27F2N3O4/c1-13(2)9-28-14(3)10-29-20(28)12-27-11-17(22(31)23(32)21(27)24(29)33)19(30)7-5-15-4-6-16(25)8-18(15)26/h4,6,8,11,13-14,20,32H,5,7,9-10,12H2,1-3H3/t14-,20?/m0/s1. The van der Waals surface area contributed by atoms with Crippen molar-refractivity contribution < 1.29 is 23.5 Å². The van der Waals surface area contributed by atoms with Crippen LogP contribution < -0.4 is 5.43 Å². The molecule has 33 heavy (non-hydrogen) atoms. The van der Waals surface area contributed by atoms with Crippen molar-refractivity contribution >= 4 is 11.7 Å². The molecule has 0 spiro atoms. The van der Waals surface area contributed by atoms with Crippen LogP contribution in [0.3, 0.4) is 0 Å². The number of ketones is 1. The Balaban J connectivity index is 1.62. The molecule has 7 nitrogen and oxygen atoms in total. The zero-order valence-electron chi connectivity index (χ0n) is 18.8. The zero-order chi connectivity index (χ0) is 24.0. The molecule has 1 saturated heterocycles. The number of aromatic nitrogens is 1. The minimum absolute atomic E-state index is 0.0259. The molecule has 1 aromatic carbocycles. The minimum atomic E-state index is -0.913. The average molecular weight is 459 g/mol. The van der Waals surface area contributed by atoms with Crippen LogP contribution in [0.25, 0.3) is 0 Å². The van der Waals surface area contributed by atoms with E-state index in [1.165, 1.54) is 16.8 Å². The summed E-state index contributed by atoms with van der Waals surface area (Å²) in [6, 6.07) is 3.22. The first-order chi connectivity index (χ1) is 15.6. The molecule has 2 aliphatic heterocycles. The van der Waals surface area contributed by atoms with E-state index in [1.54, 1.807) is 4.90 Å². The highest BCUT2D eigenvalue weighted by atomic mass is 19.1. The van der Waals surface area contributed by atoms with Gasteiger partial charge >= 0.3 is 0 Å². The van der Waals surface area contributed by atoms with E-state index >= 15 is 0 Å². The van der Waals surface area contributed by atoms with E-state index in [-0.39, 0.29) is 41.9 Å². The number of aryl methyl sites for hydroxylation is 1. The summed E-state index contributed by atoms with van der Waals surface area (Å²) in [4.78, 5) is 42.5. The largest absolute Gasteiger partial charge is 0.503 e. The molecule has 0 saturated carbocycles. The lowest BCUT2D eigenvalue weighted by molar-refractivity contribution is 0.0465. The third kappa shape index (κ3) is 4.17. The fourth-order valence-corrected chi connectivity index (χ4v) is 4.77. The van der Waals surface area contributed by atoms with Crippen molar-refractivity contribution in [3.63, 3.8) is 0 Å². The Morgan fingerprint density at radius 2 is 1.94 bits per heavy atom. The van der Waals surface area contributed by atoms with Gasteiger partial charge in [0.25, 0.3) is 5.91 Å². The number of nitrogens with zero attached hydrogens (tertiary/aromatic N) is 3. The van der Waals surface area contributed by atoms with Crippen molar-refractivity contribution in [3.8, 4) is 5.75 Å². The second-order valence-corrected chi connectivity index (χ2v) is 9.26. The maximum Gasteiger partial charge on any atom is 0.275 e. The highest BCUT2D eigenvalue weighted by Crippen LogP contribution is 2.31. The summed E-state index contributed by atoms with van der Waals surface area (Å²) in [6.45, 7) is 7.82. The van der Waals surface area contributed by atoms with Crippen molar-refractivity contribution in [2.24, 2.45) is 5.92 Å². The van der Waals surface area contributed by atoms with Crippen LogP contribution >= 0.6 is 0 Å². The fourth-order valence-electron chi connectivity index (χ4n) is 4.77. The van der Waals surface area contributed by atoms with Gasteiger partial charge in [-0.05, 0) is 30.9 Å². The molecule has 1 N–H and O–H groups in total. The fraction of sp³-hybridized carbons (Fsp3) is 0.458. The molecule has 1 amide bonds. The van der Waals surface area contributed by atoms with Gasteiger partial charge in [-0.15, -0.1) is 0 Å². The zero-order valence-corrected chi connectivity index (χ0v) is 18.8. The number of hydrogen-bond acceptors (Lipinski definition) is 5. The number of aromatic hydroxyl groups is 1. The van der Waals surface area contributed by atoms with Gasteiger partial charge in [-0.2, -0.15) is 0 Å². The van der Waals surface area contributed by atoms with E-state index in [9.17, 15) is 28.3 Å². The molecule has 0 bridgehead atoms. The van der Waals surface area contributed by atoms with Crippen LogP contribution in [0.5, 0.6) is 5.75 Å². The highest BCUT2D eigenvalue weighted by molar-refractivity contribution is 6.00. The van der Waals surface area contributed by atoms with Gasteiger partial charge in [0, 0.05) is 37.8 Å². The normalized spacial score (nSPS) is 20.3. The van der Waals surface area contributed by atoms with E-state index in [4.69, 9.17) is 0 Å². The number of pyridine rings is 1. The van der Waals surface area contributed by atoms with E-state index in [0.717, 1.165) is 18.7 Å². The van der Waals surface area contributed by atoms with Crippen LogP contribution in [0, 0.1) is 17.6 Å². The minimum Gasteiger partial charge on any atom is -0.503 e. The van der Waals surface area contributed by atoms with Gasteiger partial charge in [0.05, 0.1) is 12.1 Å². The lowest BCUT2D eigenvalue weighted by atomic mass is 10.0. The molecule has 2 aliphatic rings. The van der Waals surface area contributed by atoms with Crippen LogP contribution in [0.1, 0.15) is 53.6 Å². The Bertz CT molecular complexity index is 1180. The Morgan fingerprint density at radius 3 is 2.61 bits per heavy atom. The van der Waals surface area contributed by atoms with Gasteiger partial charge in [0.15, 0.2) is 17.2 Å². The maximum absolute atomic E-state index is 13.9. The number of Topliss-reactive ketones (excluding diaryl/α,β-unsaturated/α-hetero) is 1. The number of halogens is 2. The summed E-state index contributed by atoms with van der Waals surface area (Å²) in [5, 5.41) is 10.6. The molecule has 176 valence electrons. The number of rotatable bonds is 6. The Labute approximate surface area is 190 Å². The van der Waals surface area contributed by atoms with Gasteiger partial charge in [-0.3, -0.25) is 19.3 Å². The Morgan fingerprint density at radius 1 is 1.21 bits per heavy atom. The van der Waals surface area contributed by atoms with Crippen molar-refractivity contribution in [2.45, 2.75) is 52.4 Å². The van der Waals surface area contributed by atoms with Crippen molar-refractivity contribution in [3.05, 3.63) is 63.1 Å². The molecule has 1 fully saturated rings. The van der Waals surface area contributed by atoms with E-state index in [0.29, 0.717) is 19.0 Å². The van der Waals surface area contributed by atoms with Gasteiger partial charge in [-0.25, -0.2) is 8.78 Å². The van der Waals surface area contributed by atoms with Crippen molar-refractivity contribution in [1.29, 1.82) is 0 Å². The van der Waals surface area contributed by atoms with E-state index in [1.807, 2.05) is 6.92 Å².